The molecule has 12 heteroatoms. The van der Waals surface area contributed by atoms with E-state index < -0.39 is 29.0 Å². The van der Waals surface area contributed by atoms with Crippen molar-refractivity contribution >= 4 is 22.7 Å². The number of aromatic nitrogens is 3. The summed E-state index contributed by atoms with van der Waals surface area (Å²) in [6, 6.07) is 14.6. The Kier molecular flexibility index (Phi) is 7.09. The Balaban J connectivity index is 1.17. The van der Waals surface area contributed by atoms with Crippen LogP contribution in [0.3, 0.4) is 0 Å². The fraction of sp³-hybridized carbons (Fsp3) is 0.387. The van der Waals surface area contributed by atoms with E-state index in [9.17, 15) is 27.9 Å². The molecular weight excluding hydrogens is 563 g/mol. The number of fused-ring (bicyclic) bond motifs is 1. The molecule has 4 heterocycles. The maximum Gasteiger partial charge on any atom is 0.470 e. The van der Waals surface area contributed by atoms with Crippen molar-refractivity contribution in [2.75, 3.05) is 13.1 Å². The quantitative estimate of drug-likeness (QED) is 0.312. The van der Waals surface area contributed by atoms with Gasteiger partial charge in [-0.2, -0.15) is 13.2 Å². The summed E-state index contributed by atoms with van der Waals surface area (Å²) in [5.74, 6) is -2.61. The number of nitrogens with zero attached hydrogens (tertiary/aromatic N) is 4. The molecule has 2 unspecified atom stereocenters. The van der Waals surface area contributed by atoms with E-state index in [0.717, 1.165) is 27.6 Å². The molecule has 2 aromatic carbocycles. The van der Waals surface area contributed by atoms with Crippen LogP contribution in [0.1, 0.15) is 61.6 Å². The van der Waals surface area contributed by atoms with Crippen LogP contribution in [0.25, 0.3) is 22.4 Å². The lowest BCUT2D eigenvalue weighted by molar-refractivity contribution is -0.157. The third-order valence-corrected chi connectivity index (χ3v) is 8.62. The number of halogens is 3. The molecule has 2 amide bonds. The third-order valence-electron chi connectivity index (χ3n) is 8.62. The minimum atomic E-state index is -4.70. The van der Waals surface area contributed by atoms with Crippen molar-refractivity contribution in [1.29, 1.82) is 0 Å². The van der Waals surface area contributed by atoms with Gasteiger partial charge < -0.3 is 9.52 Å². The van der Waals surface area contributed by atoms with Crippen LogP contribution in [0.5, 0.6) is 0 Å². The lowest BCUT2D eigenvalue weighted by Crippen LogP contribution is -2.55. The van der Waals surface area contributed by atoms with Gasteiger partial charge in [0, 0.05) is 48.6 Å². The number of hydrogen-bond acceptors (Lipinski definition) is 8. The molecule has 0 bridgehead atoms. The van der Waals surface area contributed by atoms with Gasteiger partial charge in [0.05, 0.1) is 17.0 Å². The van der Waals surface area contributed by atoms with Crippen LogP contribution in [-0.4, -0.2) is 50.1 Å². The maximum atomic E-state index is 12.8. The average molecular weight is 594 g/mol. The van der Waals surface area contributed by atoms with E-state index in [1.165, 1.54) is 0 Å². The number of benzene rings is 2. The van der Waals surface area contributed by atoms with Crippen LogP contribution < -0.4 is 5.32 Å². The van der Waals surface area contributed by atoms with E-state index in [0.29, 0.717) is 38.0 Å². The monoisotopic (exact) mass is 593 g/mol. The summed E-state index contributed by atoms with van der Waals surface area (Å²) in [6.45, 7) is 5.86. The summed E-state index contributed by atoms with van der Waals surface area (Å²) in [6.07, 6.45) is -1.83. The average Bonchev–Trinajstić information content (AvgIpc) is 3.46. The molecule has 0 saturated carbocycles. The smallest absolute Gasteiger partial charge is 0.413 e. The number of likely N-dealkylation sites (tertiary alicyclic amines) is 1. The van der Waals surface area contributed by atoms with Crippen LogP contribution in [0, 0.1) is 5.41 Å². The van der Waals surface area contributed by atoms with Gasteiger partial charge >= 0.3 is 12.1 Å². The number of rotatable bonds is 5. The lowest BCUT2D eigenvalue weighted by Gasteiger charge is -2.50. The zero-order valence-corrected chi connectivity index (χ0v) is 23.6. The van der Waals surface area contributed by atoms with E-state index in [1.807, 2.05) is 50.2 Å². The number of piperidine rings is 2. The van der Waals surface area contributed by atoms with E-state index in [-0.39, 0.29) is 24.1 Å². The highest BCUT2D eigenvalue weighted by atomic mass is 19.4. The number of nitrogens with one attached hydrogen (secondary N) is 1. The van der Waals surface area contributed by atoms with E-state index >= 15 is 0 Å². The van der Waals surface area contributed by atoms with Crippen molar-refractivity contribution < 1.29 is 32.3 Å². The van der Waals surface area contributed by atoms with Crippen molar-refractivity contribution in [2.24, 2.45) is 5.41 Å². The second-order valence-corrected chi connectivity index (χ2v) is 12.0. The van der Waals surface area contributed by atoms with Crippen LogP contribution in [0.2, 0.25) is 0 Å². The van der Waals surface area contributed by atoms with Gasteiger partial charge in [-0.3, -0.25) is 24.8 Å². The normalized spacial score (nSPS) is 23.0. The molecule has 0 aliphatic carbocycles. The topological polar surface area (TPSA) is 121 Å². The van der Waals surface area contributed by atoms with Gasteiger partial charge in [-0.1, -0.05) is 32.0 Å². The summed E-state index contributed by atoms with van der Waals surface area (Å²) in [4.78, 5) is 30.8. The minimum absolute atomic E-state index is 0.196. The summed E-state index contributed by atoms with van der Waals surface area (Å²) in [5, 5.41) is 21.9. The molecule has 2 aromatic heterocycles. The molecule has 43 heavy (non-hydrogen) atoms. The zero-order chi connectivity index (χ0) is 30.6. The second kappa shape index (κ2) is 10.5. The molecule has 2 aliphatic heterocycles. The van der Waals surface area contributed by atoms with Crippen molar-refractivity contribution in [1.82, 2.24) is 25.4 Å². The fourth-order valence-electron chi connectivity index (χ4n) is 6.17. The van der Waals surface area contributed by atoms with Crippen molar-refractivity contribution in [3.63, 3.8) is 0 Å². The Bertz CT molecular complexity index is 1700. The third kappa shape index (κ3) is 5.52. The number of aliphatic hydroxyl groups is 1. The van der Waals surface area contributed by atoms with Gasteiger partial charge in [0.15, 0.2) is 0 Å². The molecule has 9 nitrogen and oxygen atoms in total. The highest BCUT2D eigenvalue weighted by molar-refractivity contribution is 6.01. The number of carbonyl (C=O) groups excluding carboxylic acids is 2. The van der Waals surface area contributed by atoms with Crippen molar-refractivity contribution in [3.05, 3.63) is 77.3 Å². The molecule has 2 fully saturated rings. The number of alkyl halides is 3. The number of imide groups is 1. The molecule has 6 rings (SSSR count). The Morgan fingerprint density at radius 1 is 1.09 bits per heavy atom. The number of pyridine rings is 1. The number of carbonyl (C=O) groups is 2. The maximum absolute atomic E-state index is 12.8. The molecule has 0 radical (unpaired) electrons. The minimum Gasteiger partial charge on any atom is -0.413 e. The van der Waals surface area contributed by atoms with Crippen LogP contribution in [-0.2, 0) is 27.9 Å². The molecule has 2 saturated heterocycles. The predicted molar refractivity (Wildman–Crippen MR) is 149 cm³/mol. The van der Waals surface area contributed by atoms with E-state index in [1.54, 1.807) is 18.3 Å². The first kappa shape index (κ1) is 28.9. The van der Waals surface area contributed by atoms with Gasteiger partial charge in [-0.15, -0.1) is 10.2 Å². The molecule has 2 atom stereocenters. The van der Waals surface area contributed by atoms with Crippen molar-refractivity contribution in [2.45, 2.75) is 57.3 Å². The first-order valence-electron chi connectivity index (χ1n) is 14.0. The SMILES string of the molecule is CC1(C)CN(Cc2ccc(-c3nnc(C(F)(F)F)o3)cc2)CCC1(O)c1ccc2ncc(C3CCC(=O)NC3=O)cc2c1. The van der Waals surface area contributed by atoms with Gasteiger partial charge in [0.25, 0.3) is 0 Å². The van der Waals surface area contributed by atoms with Gasteiger partial charge in [0.2, 0.25) is 17.7 Å². The summed E-state index contributed by atoms with van der Waals surface area (Å²) in [7, 11) is 0. The van der Waals surface area contributed by atoms with Crippen molar-refractivity contribution in [3.8, 4) is 11.5 Å². The lowest BCUT2D eigenvalue weighted by atomic mass is 9.66. The molecule has 224 valence electrons. The first-order chi connectivity index (χ1) is 20.3. The zero-order valence-electron chi connectivity index (χ0n) is 23.6. The number of amides is 2. The fourth-order valence-corrected chi connectivity index (χ4v) is 6.17. The second-order valence-electron chi connectivity index (χ2n) is 12.0. The number of hydrogen-bond donors (Lipinski definition) is 2. The van der Waals surface area contributed by atoms with E-state index in [2.05, 4.69) is 25.4 Å². The molecule has 4 aromatic rings. The van der Waals surface area contributed by atoms with Gasteiger partial charge in [-0.25, -0.2) is 0 Å². The highest BCUT2D eigenvalue weighted by Crippen LogP contribution is 2.47. The molecular formula is C31H30F3N5O4. The first-order valence-corrected chi connectivity index (χ1v) is 14.0. The summed E-state index contributed by atoms with van der Waals surface area (Å²) >= 11 is 0. The highest BCUT2D eigenvalue weighted by Gasteiger charge is 2.48. The van der Waals surface area contributed by atoms with Gasteiger partial charge in [0.1, 0.15) is 0 Å². The van der Waals surface area contributed by atoms with Gasteiger partial charge in [-0.05, 0) is 59.9 Å². The molecule has 0 spiro atoms. The van der Waals surface area contributed by atoms with E-state index in [4.69, 9.17) is 4.42 Å². The van der Waals surface area contributed by atoms with Crippen LogP contribution >= 0.6 is 0 Å². The summed E-state index contributed by atoms with van der Waals surface area (Å²) < 4.78 is 43.2. The summed E-state index contributed by atoms with van der Waals surface area (Å²) in [5.41, 5.74) is 1.95. The Morgan fingerprint density at radius 2 is 1.86 bits per heavy atom. The Labute approximate surface area is 245 Å². The van der Waals surface area contributed by atoms with Crippen LogP contribution in [0.4, 0.5) is 13.2 Å². The Morgan fingerprint density at radius 3 is 2.53 bits per heavy atom. The predicted octanol–water partition coefficient (Wildman–Crippen LogP) is 4.94. The Hall–Kier alpha value is -4.16. The largest absolute Gasteiger partial charge is 0.470 e. The standard InChI is InChI=1S/C31H30F3N5O4/c1-29(2)17-39(16-18-3-5-19(6-4-18)27-37-38-28(43-27)31(32,33)34)12-11-30(29,42)22-7-9-24-20(14-22)13-21(15-35-24)23-8-10-25(40)36-26(23)41/h3-7,9,13-15,23,42H,8,10-12,16-17H2,1-2H3,(H,36,40,41). The van der Waals surface area contributed by atoms with Crippen LogP contribution in [0.15, 0.2) is 59.1 Å². The molecule has 2 N–H and O–H groups in total. The molecule has 2 aliphatic rings.